The van der Waals surface area contributed by atoms with E-state index in [1.165, 1.54) is 104 Å². The van der Waals surface area contributed by atoms with E-state index >= 15 is 0 Å². The molecule has 0 aliphatic rings. The molecular formula is C85H76BrCl4F4IN14O14S4. The van der Waals surface area contributed by atoms with E-state index in [-0.39, 0.29) is 53.8 Å². The van der Waals surface area contributed by atoms with Gasteiger partial charge in [-0.1, -0.05) is 123 Å². The predicted octanol–water partition coefficient (Wildman–Crippen LogP) is 21.1. The summed E-state index contributed by atoms with van der Waals surface area (Å²) in [5, 5.41) is 37.6. The summed E-state index contributed by atoms with van der Waals surface area (Å²) in [5.41, 5.74) is 7.85. The average molecular weight is 2070 g/mol. The second kappa shape index (κ2) is 53.6. The van der Waals surface area contributed by atoms with Gasteiger partial charge in [0.1, 0.15) is 100 Å². The molecule has 0 fully saturated rings. The van der Waals surface area contributed by atoms with E-state index in [9.17, 15) is 41.5 Å². The third-order valence-electron chi connectivity index (χ3n) is 16.2. The molecule has 0 spiro atoms. The van der Waals surface area contributed by atoms with Crippen LogP contribution in [0, 0.1) is 26.8 Å². The van der Waals surface area contributed by atoms with Gasteiger partial charge in [-0.3, -0.25) is 29.2 Å². The molecule has 28 nitrogen and oxygen atoms in total. The fourth-order valence-electron chi connectivity index (χ4n) is 10.5. The molecule has 14 rings (SSSR count). The number of aliphatic hydroxyl groups excluding tert-OH is 1. The maximum atomic E-state index is 13.5. The number of thiol groups is 1. The van der Waals surface area contributed by atoms with Crippen LogP contribution in [0.1, 0.15) is 34.6 Å². The van der Waals surface area contributed by atoms with Gasteiger partial charge in [-0.05, 0) is 145 Å². The van der Waals surface area contributed by atoms with Crippen molar-refractivity contribution in [2.45, 2.75) is 28.5 Å². The number of halogens is 10. The highest BCUT2D eigenvalue weighted by Crippen LogP contribution is 2.41. The highest BCUT2D eigenvalue weighted by atomic mass is 127. The number of amides is 1. The molecule has 10 N–H and O–H groups in total. The van der Waals surface area contributed by atoms with Crippen LogP contribution in [-0.2, 0) is 23.9 Å². The second-order valence-electron chi connectivity index (χ2n) is 24.3. The number of rotatable bonds is 24. The van der Waals surface area contributed by atoms with Crippen LogP contribution in [-0.4, -0.2) is 149 Å². The first-order valence-electron chi connectivity index (χ1n) is 36.4. The molecule has 0 aliphatic carbocycles. The number of hydroxylamine groups is 1. The zero-order valence-corrected chi connectivity index (χ0v) is 77.7. The average Bonchev–Trinajstić information content (AvgIpc) is 0.809. The highest BCUT2D eigenvalue weighted by molar-refractivity contribution is 14.1. The standard InChI is InChI=1S/C22H15ClFN3O2S.C19H17ClFN3O3S.C17H14ClFN4O3S.C15H10ClFIN3O.C7H6OS.C4H7BrO2.CH4O.H3NO/c1-29-19-11-18-15(10-20(19)30-22(28)13-5-3-2-4-6-13)21(26-12-25-18)27-14-7-8-17(24)16(23)9-14;1-3-27-18(25)9-28-17-7-12-15(8-16(17)26-2)22-10-23-19(12)24-11-4-5-14(21)13(20)6-11;1-26-14-6-13-10(5-15(14)27-7-16(24)23-25)17(21-8-20-13)22-9-2-3-12(19)11(18)4-9;1-22-14-6-13-9(5-12(14)18)15(20-7-19-13)21-8-2-3-11(17)10(16)4-8;8-7(9)6-4-2-1-3-5-6;1-2-7-4(6)3-5;2*1-2/h2-12H,1H3,(H,25,26,27);4-8,10H,3,9H2,1-2H3,(H,22,23,24);2-6,8,25H,7H2,1H3,(H,23,24)(H,20,21,22);2-7H,1H3,(H,19,20,21);1-5H,(H,8,9);2-3H2,1H3;2H,1H3;2H,1H2. The molecule has 0 unspecified atom stereocenters. The smallest absolute Gasteiger partial charge is 0.316 e. The summed E-state index contributed by atoms with van der Waals surface area (Å²) in [6, 6.07) is 49.7. The number of aromatic nitrogens is 8. The fraction of sp³-hybridized carbons (Fsp3) is 0.141. The van der Waals surface area contributed by atoms with Crippen molar-refractivity contribution in [3.63, 3.8) is 0 Å². The Bertz CT molecular complexity index is 6110. The molecule has 10 aromatic carbocycles. The van der Waals surface area contributed by atoms with E-state index < -0.39 is 29.2 Å². The van der Waals surface area contributed by atoms with Gasteiger partial charge in [0, 0.05) is 86.8 Å². The summed E-state index contributed by atoms with van der Waals surface area (Å²) in [4.78, 5) is 92.5. The molecule has 14 aromatic rings. The minimum Gasteiger partial charge on any atom is -0.496 e. The fourth-order valence-corrected chi connectivity index (χ4v) is 14.7. The lowest BCUT2D eigenvalue weighted by Gasteiger charge is -2.13. The number of nitrogens with two attached hydrogens (primary N) is 1. The third-order valence-corrected chi connectivity index (χ3v) is 21.9. The van der Waals surface area contributed by atoms with Gasteiger partial charge in [-0.15, -0.1) is 36.2 Å². The van der Waals surface area contributed by atoms with E-state index in [1.807, 2.05) is 54.6 Å². The molecule has 42 heteroatoms. The van der Waals surface area contributed by atoms with Crippen molar-refractivity contribution in [3.05, 3.63) is 265 Å². The normalized spacial score (nSPS) is 10.2. The lowest BCUT2D eigenvalue weighted by atomic mass is 10.2. The Morgan fingerprint density at radius 1 is 0.441 bits per heavy atom. The number of nitrogens with one attached hydrogen (secondary N) is 5. The number of anilines is 8. The lowest BCUT2D eigenvalue weighted by molar-refractivity contribution is -0.140. The molecule has 4 aromatic heterocycles. The number of nitrogens with zero attached hydrogens (tertiary/aromatic N) is 8. The molecule has 127 heavy (non-hydrogen) atoms. The van der Waals surface area contributed by atoms with Crippen LogP contribution in [0.5, 0.6) is 23.0 Å². The second-order valence-corrected chi connectivity index (χ2v) is 31.1. The van der Waals surface area contributed by atoms with Crippen LogP contribution >= 0.6 is 133 Å². The van der Waals surface area contributed by atoms with E-state index in [0.717, 1.165) is 49.4 Å². The van der Waals surface area contributed by atoms with Gasteiger partial charge in [0.2, 0.25) is 10.2 Å². The number of aliphatic hydroxyl groups is 1. The number of esters is 2. The number of methoxy groups -OCH3 is 4. The zero-order chi connectivity index (χ0) is 92.7. The van der Waals surface area contributed by atoms with Gasteiger partial charge in [0.15, 0.2) is 0 Å². The molecule has 0 saturated carbocycles. The molecule has 0 saturated heterocycles. The van der Waals surface area contributed by atoms with Crippen LogP contribution in [0.25, 0.3) is 43.6 Å². The number of fused-ring (bicyclic) bond motifs is 4. The number of alkyl halides is 1. The summed E-state index contributed by atoms with van der Waals surface area (Å²) >= 11 is 35.7. The Labute approximate surface area is 784 Å². The highest BCUT2D eigenvalue weighted by Gasteiger charge is 2.20. The van der Waals surface area contributed by atoms with Crippen molar-refractivity contribution in [2.24, 2.45) is 5.90 Å². The van der Waals surface area contributed by atoms with Crippen LogP contribution in [0.4, 0.5) is 63.6 Å². The largest absolute Gasteiger partial charge is 0.496 e. The van der Waals surface area contributed by atoms with Crippen LogP contribution < -0.4 is 51.6 Å². The minimum atomic E-state index is -0.536. The Morgan fingerprint density at radius 2 is 0.756 bits per heavy atom. The van der Waals surface area contributed by atoms with Gasteiger partial charge in [-0.2, -0.15) is 0 Å². The molecule has 0 aliphatic heterocycles. The topological polar surface area (TPSA) is 391 Å². The van der Waals surface area contributed by atoms with Crippen molar-refractivity contribution in [3.8, 4) is 23.0 Å². The van der Waals surface area contributed by atoms with E-state index in [1.54, 1.807) is 120 Å². The van der Waals surface area contributed by atoms with E-state index in [0.29, 0.717) is 130 Å². The third kappa shape index (κ3) is 31.2. The number of thioether (sulfide) groups is 3. The van der Waals surface area contributed by atoms with Crippen molar-refractivity contribution >= 4 is 251 Å². The Balaban J connectivity index is 0.000000217. The van der Waals surface area contributed by atoms with Gasteiger partial charge in [0.05, 0.1) is 114 Å². The maximum Gasteiger partial charge on any atom is 0.316 e. The van der Waals surface area contributed by atoms with E-state index in [2.05, 4.69) is 123 Å². The van der Waals surface area contributed by atoms with Gasteiger partial charge in [0.25, 0.3) is 5.91 Å². The number of carbonyl (C=O) groups excluding carboxylic acids is 5. The predicted molar refractivity (Wildman–Crippen MR) is 505 cm³/mol. The first-order valence-corrected chi connectivity index (χ1v) is 43.4. The Hall–Kier alpha value is -11.0. The number of ether oxygens (including phenoxy) is 6. The SMILES string of the molecule is CCOC(=O)CBr.CCOC(=O)CSc1cc2c(Nc3ccc(F)c(Cl)c3)ncnc2cc1OC.CO.COc1cc2ncnc(Nc3ccc(F)c(Cl)c3)c2cc1I.COc1cc2ncnc(Nc3ccc(F)c(Cl)c3)c2cc1SC(=O)c1ccccc1.COc1cc2ncnc(Nc3ccc(F)c(Cl)c3)c2cc1SCC(=O)NO.NO.O=C(S)c1ccccc1. The van der Waals surface area contributed by atoms with Crippen LogP contribution in [0.3, 0.4) is 0 Å². The monoisotopic (exact) mass is 2070 g/mol. The number of benzene rings is 10. The van der Waals surface area contributed by atoms with Gasteiger partial charge < -0.3 is 60.0 Å². The van der Waals surface area contributed by atoms with Crippen LogP contribution in [0.15, 0.2) is 222 Å². The summed E-state index contributed by atoms with van der Waals surface area (Å²) < 4.78 is 85.4. The first-order chi connectivity index (χ1) is 61.3. The Morgan fingerprint density at radius 3 is 1.06 bits per heavy atom. The molecule has 664 valence electrons. The number of hydrogen-bond donors (Lipinski definition) is 10. The summed E-state index contributed by atoms with van der Waals surface area (Å²) in [6.07, 6.45) is 5.68. The first kappa shape index (κ1) is 103. The number of hydrogen-bond acceptors (Lipinski definition) is 30. The number of carbonyl (C=O) groups is 5. The summed E-state index contributed by atoms with van der Waals surface area (Å²) in [5.74, 6) is 5.17. The van der Waals surface area contributed by atoms with Gasteiger partial charge >= 0.3 is 11.9 Å². The quantitative estimate of drug-likeness (QED) is 0.00392. The zero-order valence-electron chi connectivity index (χ0n) is 67.6. The minimum absolute atomic E-state index is 0.00237. The molecule has 0 atom stereocenters. The molecule has 0 bridgehead atoms. The maximum absolute atomic E-state index is 13.5. The molecule has 1 amide bonds. The van der Waals surface area contributed by atoms with Crippen molar-refractivity contribution in [2.75, 3.05) is 86.9 Å². The van der Waals surface area contributed by atoms with E-state index in [4.69, 9.17) is 85.6 Å². The van der Waals surface area contributed by atoms with Crippen molar-refractivity contribution in [1.29, 1.82) is 0 Å². The Kier molecular flexibility index (Phi) is 43.5. The summed E-state index contributed by atoms with van der Waals surface area (Å²) in [6.45, 7) is 4.33. The lowest BCUT2D eigenvalue weighted by Crippen LogP contribution is -2.20. The molecule has 0 radical (unpaired) electrons. The summed E-state index contributed by atoms with van der Waals surface area (Å²) in [7, 11) is 7.22. The van der Waals surface area contributed by atoms with Crippen molar-refractivity contribution < 1.29 is 85.5 Å². The van der Waals surface area contributed by atoms with Gasteiger partial charge in [-0.25, -0.2) is 68.8 Å². The molecular weight excluding hydrogens is 1990 g/mol. The molecule has 4 heterocycles. The van der Waals surface area contributed by atoms with Crippen molar-refractivity contribution in [1.82, 2.24) is 45.4 Å². The van der Waals surface area contributed by atoms with Crippen LogP contribution in [0.2, 0.25) is 20.1 Å².